The minimum absolute atomic E-state index is 0.0623. The van der Waals surface area contributed by atoms with Crippen molar-refractivity contribution in [2.24, 2.45) is 0 Å². The van der Waals surface area contributed by atoms with E-state index in [0.717, 1.165) is 0 Å². The number of aryl methyl sites for hydroxylation is 2. The highest BCUT2D eigenvalue weighted by Gasteiger charge is 2.11. The van der Waals surface area contributed by atoms with E-state index in [-0.39, 0.29) is 17.1 Å². The Kier molecular flexibility index (Phi) is 3.21. The summed E-state index contributed by atoms with van der Waals surface area (Å²) in [7, 11) is 0. The molecule has 0 aliphatic rings. The van der Waals surface area contributed by atoms with E-state index in [4.69, 9.17) is 15.6 Å². The third kappa shape index (κ3) is 2.40. The van der Waals surface area contributed by atoms with E-state index in [1.54, 1.807) is 0 Å². The number of aromatic nitrogens is 5. The average Bonchev–Trinajstić information content (AvgIpc) is 3.02. The van der Waals surface area contributed by atoms with Crippen molar-refractivity contribution >= 4 is 5.97 Å². The van der Waals surface area contributed by atoms with Crippen molar-refractivity contribution in [2.75, 3.05) is 0 Å². The highest BCUT2D eigenvalue weighted by molar-refractivity contribution is 5.84. The van der Waals surface area contributed by atoms with Gasteiger partial charge in [-0.3, -0.25) is 0 Å². The average molecular weight is 257 g/mol. The Morgan fingerprint density at radius 3 is 2.74 bits per heavy atom. The molecule has 9 heteroatoms. The van der Waals surface area contributed by atoms with Gasteiger partial charge in [-0.25, -0.2) is 14.5 Å². The van der Waals surface area contributed by atoms with Crippen molar-refractivity contribution in [1.82, 2.24) is 24.5 Å². The fraction of sp³-hybridized carbons (Fsp3) is 0.200. The molecule has 0 bridgehead atoms. The number of rotatable bonds is 4. The Morgan fingerprint density at radius 2 is 2.16 bits per heavy atom. The van der Waals surface area contributed by atoms with Crippen LogP contribution in [0.4, 0.5) is 0 Å². The summed E-state index contributed by atoms with van der Waals surface area (Å²) in [5.74, 6) is -1.15. The lowest BCUT2D eigenvalue weighted by atomic mass is 10.3. The number of nitriles is 2. The normalized spacial score (nSPS) is 9.79. The van der Waals surface area contributed by atoms with Crippen LogP contribution in [0.2, 0.25) is 0 Å². The van der Waals surface area contributed by atoms with Gasteiger partial charge in [-0.1, -0.05) is 5.21 Å². The molecule has 0 amide bonds. The molecule has 0 unspecified atom stereocenters. The second kappa shape index (κ2) is 4.98. The summed E-state index contributed by atoms with van der Waals surface area (Å²) in [6, 6.07) is 3.71. The molecule has 0 saturated carbocycles. The van der Waals surface area contributed by atoms with Gasteiger partial charge in [0.2, 0.25) is 0 Å². The molecule has 0 spiro atoms. The smallest absolute Gasteiger partial charge is 0.358 e. The molecule has 0 aliphatic heterocycles. The lowest BCUT2D eigenvalue weighted by molar-refractivity contribution is 0.0690. The maximum absolute atomic E-state index is 10.6. The van der Waals surface area contributed by atoms with E-state index < -0.39 is 5.97 Å². The number of aromatic carboxylic acids is 1. The zero-order chi connectivity index (χ0) is 13.8. The van der Waals surface area contributed by atoms with Crippen LogP contribution in [0.5, 0.6) is 0 Å². The van der Waals surface area contributed by atoms with Crippen molar-refractivity contribution in [3.05, 3.63) is 29.6 Å². The molecule has 0 atom stereocenters. The number of hydrogen-bond acceptors (Lipinski definition) is 6. The molecule has 0 saturated heterocycles. The first-order valence-electron chi connectivity index (χ1n) is 5.14. The molecule has 2 rings (SSSR count). The van der Waals surface area contributed by atoms with Crippen LogP contribution in [-0.4, -0.2) is 35.6 Å². The topological polar surface area (TPSA) is 133 Å². The third-order valence-corrected chi connectivity index (χ3v) is 2.38. The van der Waals surface area contributed by atoms with Gasteiger partial charge in [-0.05, 0) is 0 Å². The van der Waals surface area contributed by atoms with Crippen LogP contribution in [0.15, 0.2) is 12.5 Å². The maximum Gasteiger partial charge on any atom is 0.358 e. The first-order chi connectivity index (χ1) is 9.15. The molecule has 0 aromatic carbocycles. The summed E-state index contributed by atoms with van der Waals surface area (Å²) >= 11 is 0. The van der Waals surface area contributed by atoms with Crippen molar-refractivity contribution < 1.29 is 9.90 Å². The SMILES string of the molecule is N#Cc1ncn(CCn2cc(C(=O)O)nn2)c1C#N. The summed E-state index contributed by atoms with van der Waals surface area (Å²) in [6.45, 7) is 0.649. The van der Waals surface area contributed by atoms with Gasteiger partial charge in [0.15, 0.2) is 17.1 Å². The Balaban J connectivity index is 2.11. The van der Waals surface area contributed by atoms with Crippen LogP contribution in [0.3, 0.4) is 0 Å². The summed E-state index contributed by atoms with van der Waals surface area (Å²) in [5.41, 5.74) is 0.0808. The summed E-state index contributed by atoms with van der Waals surface area (Å²) in [4.78, 5) is 14.4. The predicted molar refractivity (Wildman–Crippen MR) is 58.6 cm³/mol. The number of carboxylic acid groups (broad SMARTS) is 1. The number of imidazole rings is 1. The first-order valence-corrected chi connectivity index (χ1v) is 5.14. The predicted octanol–water partition coefficient (Wildman–Crippen LogP) is -0.384. The molecule has 0 fully saturated rings. The van der Waals surface area contributed by atoms with Gasteiger partial charge < -0.3 is 9.67 Å². The second-order valence-corrected chi connectivity index (χ2v) is 3.53. The van der Waals surface area contributed by atoms with E-state index in [2.05, 4.69) is 15.3 Å². The largest absolute Gasteiger partial charge is 0.476 e. The minimum atomic E-state index is -1.15. The fourth-order valence-electron chi connectivity index (χ4n) is 1.47. The first kappa shape index (κ1) is 12.3. The molecule has 19 heavy (non-hydrogen) atoms. The summed E-state index contributed by atoms with van der Waals surface area (Å²) in [5, 5.41) is 33.5. The molecular formula is C10H7N7O2. The van der Waals surface area contributed by atoms with Gasteiger partial charge in [0.25, 0.3) is 0 Å². The Morgan fingerprint density at radius 1 is 1.37 bits per heavy atom. The van der Waals surface area contributed by atoms with Gasteiger partial charge >= 0.3 is 5.97 Å². The van der Waals surface area contributed by atoms with Crippen LogP contribution < -0.4 is 0 Å². The van der Waals surface area contributed by atoms with E-state index in [1.165, 1.54) is 21.8 Å². The van der Waals surface area contributed by atoms with Crippen molar-refractivity contribution in [2.45, 2.75) is 13.1 Å². The number of nitrogens with zero attached hydrogens (tertiary/aromatic N) is 7. The van der Waals surface area contributed by atoms with Gasteiger partial charge in [0.1, 0.15) is 12.1 Å². The highest BCUT2D eigenvalue weighted by Crippen LogP contribution is 2.05. The Labute approximate surface area is 106 Å². The van der Waals surface area contributed by atoms with Crippen molar-refractivity contribution in [3.8, 4) is 12.1 Å². The Bertz CT molecular complexity index is 700. The van der Waals surface area contributed by atoms with Crippen molar-refractivity contribution in [3.63, 3.8) is 0 Å². The van der Waals surface area contributed by atoms with Crippen LogP contribution in [0.25, 0.3) is 0 Å². The minimum Gasteiger partial charge on any atom is -0.476 e. The summed E-state index contributed by atoms with van der Waals surface area (Å²) < 4.78 is 2.84. The Hall–Kier alpha value is -3.20. The molecule has 2 aromatic rings. The molecule has 9 nitrogen and oxygen atoms in total. The molecule has 0 aliphatic carbocycles. The fourth-order valence-corrected chi connectivity index (χ4v) is 1.47. The molecule has 2 aromatic heterocycles. The zero-order valence-corrected chi connectivity index (χ0v) is 9.55. The van der Waals surface area contributed by atoms with Gasteiger partial charge in [-0.2, -0.15) is 10.5 Å². The molecule has 1 N–H and O–H groups in total. The maximum atomic E-state index is 10.6. The van der Waals surface area contributed by atoms with E-state index >= 15 is 0 Å². The van der Waals surface area contributed by atoms with Crippen LogP contribution in [0, 0.1) is 22.7 Å². The van der Waals surface area contributed by atoms with Gasteiger partial charge in [0, 0.05) is 6.54 Å². The highest BCUT2D eigenvalue weighted by atomic mass is 16.4. The molecule has 0 radical (unpaired) electrons. The van der Waals surface area contributed by atoms with Gasteiger partial charge in [0.05, 0.1) is 19.1 Å². The summed E-state index contributed by atoms with van der Waals surface area (Å²) in [6.07, 6.45) is 2.67. The van der Waals surface area contributed by atoms with E-state index in [0.29, 0.717) is 13.1 Å². The zero-order valence-electron chi connectivity index (χ0n) is 9.55. The second-order valence-electron chi connectivity index (χ2n) is 3.53. The molecule has 2 heterocycles. The van der Waals surface area contributed by atoms with E-state index in [1.807, 2.05) is 12.1 Å². The number of carboxylic acids is 1. The lowest BCUT2D eigenvalue weighted by Crippen LogP contribution is -2.09. The van der Waals surface area contributed by atoms with Crippen LogP contribution in [-0.2, 0) is 13.1 Å². The standard InChI is InChI=1S/C10H7N7O2/c11-3-7-9(4-12)16(6-13-7)1-2-17-5-8(10(18)19)14-15-17/h5-6H,1-2H2,(H,18,19). The van der Waals surface area contributed by atoms with Crippen molar-refractivity contribution in [1.29, 1.82) is 10.5 Å². The van der Waals surface area contributed by atoms with Crippen LogP contribution >= 0.6 is 0 Å². The third-order valence-electron chi connectivity index (χ3n) is 2.38. The van der Waals surface area contributed by atoms with Crippen LogP contribution in [0.1, 0.15) is 21.9 Å². The number of carbonyl (C=O) groups is 1. The van der Waals surface area contributed by atoms with Gasteiger partial charge in [-0.15, -0.1) is 5.10 Å². The molecule has 94 valence electrons. The molecular weight excluding hydrogens is 250 g/mol. The quantitative estimate of drug-likeness (QED) is 0.788. The number of hydrogen-bond donors (Lipinski definition) is 1. The van der Waals surface area contributed by atoms with E-state index in [9.17, 15) is 4.79 Å². The monoisotopic (exact) mass is 257 g/mol. The lowest BCUT2D eigenvalue weighted by Gasteiger charge is -2.02.